The fourth-order valence-electron chi connectivity index (χ4n) is 2.12. The van der Waals surface area contributed by atoms with E-state index >= 15 is 0 Å². The first-order valence-corrected chi connectivity index (χ1v) is 6.40. The molecule has 3 rings (SSSR count). The first kappa shape index (κ1) is 13.7. The highest BCUT2D eigenvalue weighted by molar-refractivity contribution is 5.64. The van der Waals surface area contributed by atoms with Crippen molar-refractivity contribution < 1.29 is 13.9 Å². The average molecular weight is 296 g/mol. The number of furan rings is 1. The summed E-state index contributed by atoms with van der Waals surface area (Å²) in [6, 6.07) is 10.8. The molecule has 0 atom stereocenters. The van der Waals surface area contributed by atoms with E-state index in [-0.39, 0.29) is 5.69 Å². The van der Waals surface area contributed by atoms with Crippen LogP contribution in [0.3, 0.4) is 0 Å². The highest BCUT2D eigenvalue weighted by Gasteiger charge is 2.21. The van der Waals surface area contributed by atoms with Crippen molar-refractivity contribution in [2.24, 2.45) is 0 Å². The maximum atomic E-state index is 9.24. The van der Waals surface area contributed by atoms with Gasteiger partial charge in [-0.25, -0.2) is 4.68 Å². The Hall–Kier alpha value is -3.27. The summed E-state index contributed by atoms with van der Waals surface area (Å²) in [4.78, 5) is 0. The molecule has 0 aliphatic heterocycles. The van der Waals surface area contributed by atoms with Gasteiger partial charge in [0.05, 0.1) is 20.5 Å². The molecule has 0 amide bonds. The summed E-state index contributed by atoms with van der Waals surface area (Å²) in [7, 11) is 3.13. The monoisotopic (exact) mass is 296 g/mol. The van der Waals surface area contributed by atoms with Crippen LogP contribution < -0.4 is 9.47 Å². The van der Waals surface area contributed by atoms with Gasteiger partial charge >= 0.3 is 0 Å². The highest BCUT2D eigenvalue weighted by atomic mass is 16.5. The number of hydrogen-bond acceptors (Lipinski definition) is 6. The lowest BCUT2D eigenvalue weighted by Gasteiger charge is -2.11. The zero-order valence-corrected chi connectivity index (χ0v) is 12.0. The molecule has 22 heavy (non-hydrogen) atoms. The van der Waals surface area contributed by atoms with Gasteiger partial charge < -0.3 is 13.9 Å². The second kappa shape index (κ2) is 5.61. The molecule has 3 aromatic rings. The van der Waals surface area contributed by atoms with E-state index < -0.39 is 0 Å². The first-order chi connectivity index (χ1) is 10.8. The predicted molar refractivity (Wildman–Crippen MR) is 76.9 cm³/mol. The maximum Gasteiger partial charge on any atom is 0.194 e. The van der Waals surface area contributed by atoms with Crippen molar-refractivity contribution in [2.45, 2.75) is 0 Å². The summed E-state index contributed by atoms with van der Waals surface area (Å²) >= 11 is 0. The summed E-state index contributed by atoms with van der Waals surface area (Å²) in [6.07, 6.45) is 1.52. The van der Waals surface area contributed by atoms with E-state index in [1.165, 1.54) is 10.9 Å². The Kier molecular flexibility index (Phi) is 3.50. The van der Waals surface area contributed by atoms with Crippen molar-refractivity contribution in [2.75, 3.05) is 14.2 Å². The second-order valence-electron chi connectivity index (χ2n) is 4.33. The molecule has 0 N–H and O–H groups in total. The molecule has 0 aliphatic rings. The standard InChI is InChI=1S/C15H12N4O3/c1-20-10-5-6-13(21-2)12(8-10)19-15(11(9-16)17-18-19)14-4-3-7-22-14/h3-8H,1-2H3. The minimum absolute atomic E-state index is 0.167. The van der Waals surface area contributed by atoms with Crippen molar-refractivity contribution in [1.29, 1.82) is 5.26 Å². The Bertz CT molecular complexity index is 831. The van der Waals surface area contributed by atoms with Crippen LogP contribution in [0.5, 0.6) is 11.5 Å². The lowest BCUT2D eigenvalue weighted by molar-refractivity contribution is 0.400. The third-order valence-electron chi connectivity index (χ3n) is 3.14. The molecule has 0 aliphatic carbocycles. The molecule has 2 aromatic heterocycles. The van der Waals surface area contributed by atoms with Crippen LogP contribution in [0.25, 0.3) is 17.1 Å². The summed E-state index contributed by atoms with van der Waals surface area (Å²) in [5.41, 5.74) is 1.22. The predicted octanol–water partition coefficient (Wildman–Crippen LogP) is 2.42. The third-order valence-corrected chi connectivity index (χ3v) is 3.14. The number of benzene rings is 1. The van der Waals surface area contributed by atoms with Crippen molar-refractivity contribution >= 4 is 0 Å². The molecule has 110 valence electrons. The molecule has 7 heteroatoms. The van der Waals surface area contributed by atoms with E-state index in [4.69, 9.17) is 13.9 Å². The lowest BCUT2D eigenvalue weighted by atomic mass is 10.2. The van der Waals surface area contributed by atoms with Crippen molar-refractivity contribution in [1.82, 2.24) is 15.0 Å². The molecule has 0 bridgehead atoms. The molecule has 0 saturated heterocycles. The maximum absolute atomic E-state index is 9.24. The van der Waals surface area contributed by atoms with Crippen LogP contribution >= 0.6 is 0 Å². The zero-order valence-electron chi connectivity index (χ0n) is 12.0. The molecule has 0 unspecified atom stereocenters. The molecule has 7 nitrogen and oxygen atoms in total. The second-order valence-corrected chi connectivity index (χ2v) is 4.33. The molecular weight excluding hydrogens is 284 g/mol. The Labute approximate surface area is 126 Å². The number of ether oxygens (including phenoxy) is 2. The number of nitrogens with zero attached hydrogens (tertiary/aromatic N) is 4. The third kappa shape index (κ3) is 2.16. The number of methoxy groups -OCH3 is 2. The van der Waals surface area contributed by atoms with Crippen LogP contribution in [0.1, 0.15) is 5.69 Å². The van der Waals surface area contributed by atoms with E-state index in [9.17, 15) is 5.26 Å². The largest absolute Gasteiger partial charge is 0.497 e. The Morgan fingerprint density at radius 1 is 1.23 bits per heavy atom. The Balaban J connectivity index is 2.26. The summed E-state index contributed by atoms with van der Waals surface area (Å²) in [5, 5.41) is 17.2. The van der Waals surface area contributed by atoms with Crippen LogP contribution in [0, 0.1) is 11.3 Å². The van der Waals surface area contributed by atoms with Crippen LogP contribution in [0.4, 0.5) is 0 Å². The van der Waals surface area contributed by atoms with Gasteiger partial charge in [-0.2, -0.15) is 5.26 Å². The molecular formula is C15H12N4O3. The fraction of sp³-hybridized carbons (Fsp3) is 0.133. The van der Waals surface area contributed by atoms with Crippen molar-refractivity contribution in [3.63, 3.8) is 0 Å². The Morgan fingerprint density at radius 3 is 2.73 bits per heavy atom. The minimum Gasteiger partial charge on any atom is -0.497 e. The Morgan fingerprint density at radius 2 is 2.09 bits per heavy atom. The lowest BCUT2D eigenvalue weighted by Crippen LogP contribution is -2.03. The van der Waals surface area contributed by atoms with Gasteiger partial charge in [0.25, 0.3) is 0 Å². The molecule has 0 fully saturated rings. The van der Waals surface area contributed by atoms with Gasteiger partial charge in [-0.1, -0.05) is 5.21 Å². The smallest absolute Gasteiger partial charge is 0.194 e. The van der Waals surface area contributed by atoms with Gasteiger partial charge in [0.1, 0.15) is 28.9 Å². The van der Waals surface area contributed by atoms with E-state index in [1.807, 2.05) is 6.07 Å². The normalized spacial score (nSPS) is 10.2. The number of hydrogen-bond donors (Lipinski definition) is 0. The number of nitriles is 1. The van der Waals surface area contributed by atoms with Crippen LogP contribution in [-0.4, -0.2) is 29.2 Å². The van der Waals surface area contributed by atoms with Gasteiger partial charge in [0, 0.05) is 6.07 Å². The van der Waals surface area contributed by atoms with E-state index in [2.05, 4.69) is 10.3 Å². The number of rotatable bonds is 4. The molecule has 0 radical (unpaired) electrons. The van der Waals surface area contributed by atoms with Crippen LogP contribution in [-0.2, 0) is 0 Å². The SMILES string of the molecule is COc1ccc(OC)c(-n2nnc(C#N)c2-c2ccco2)c1. The van der Waals surface area contributed by atoms with Crippen molar-refractivity contribution in [3.05, 3.63) is 42.3 Å². The molecule has 1 aromatic carbocycles. The molecule has 2 heterocycles. The summed E-state index contributed by atoms with van der Waals surface area (Å²) < 4.78 is 17.5. The minimum atomic E-state index is 0.167. The average Bonchev–Trinajstić information content (AvgIpc) is 3.22. The number of aromatic nitrogens is 3. The van der Waals surface area contributed by atoms with Gasteiger partial charge in [-0.05, 0) is 24.3 Å². The molecule has 0 saturated carbocycles. The van der Waals surface area contributed by atoms with E-state index in [1.54, 1.807) is 44.6 Å². The van der Waals surface area contributed by atoms with Crippen LogP contribution in [0.15, 0.2) is 41.0 Å². The fourth-order valence-corrected chi connectivity index (χ4v) is 2.12. The van der Waals surface area contributed by atoms with Crippen LogP contribution in [0.2, 0.25) is 0 Å². The van der Waals surface area contributed by atoms with Gasteiger partial charge in [0.15, 0.2) is 11.5 Å². The topological polar surface area (TPSA) is 86.1 Å². The highest BCUT2D eigenvalue weighted by Crippen LogP contribution is 2.32. The van der Waals surface area contributed by atoms with Gasteiger partial charge in [-0.3, -0.25) is 0 Å². The zero-order chi connectivity index (χ0) is 15.5. The first-order valence-electron chi connectivity index (χ1n) is 6.40. The van der Waals surface area contributed by atoms with E-state index in [0.29, 0.717) is 28.6 Å². The van der Waals surface area contributed by atoms with E-state index in [0.717, 1.165) is 0 Å². The quantitative estimate of drug-likeness (QED) is 0.735. The summed E-state index contributed by atoms with van der Waals surface area (Å²) in [6.45, 7) is 0. The van der Waals surface area contributed by atoms with Gasteiger partial charge in [-0.15, -0.1) is 5.10 Å². The van der Waals surface area contributed by atoms with Gasteiger partial charge in [0.2, 0.25) is 0 Å². The summed E-state index contributed by atoms with van der Waals surface area (Å²) in [5.74, 6) is 1.70. The molecule has 0 spiro atoms. The van der Waals surface area contributed by atoms with Crippen molar-refractivity contribution in [3.8, 4) is 34.7 Å².